The lowest BCUT2D eigenvalue weighted by molar-refractivity contribution is 0.104. The van der Waals surface area contributed by atoms with Crippen LogP contribution < -0.4 is 16.0 Å². The number of aliphatic hydroxyl groups is 1. The summed E-state index contributed by atoms with van der Waals surface area (Å²) in [5.41, 5.74) is 4.64. The zero-order chi connectivity index (χ0) is 19.5. The van der Waals surface area contributed by atoms with Crippen molar-refractivity contribution >= 4 is 34.8 Å². The van der Waals surface area contributed by atoms with Gasteiger partial charge in [-0.05, 0) is 25.2 Å². The van der Waals surface area contributed by atoms with Crippen molar-refractivity contribution in [2.45, 2.75) is 6.54 Å². The molecule has 4 N–H and O–H groups in total. The lowest BCUT2D eigenvalue weighted by Crippen LogP contribution is -2.23. The molecule has 0 spiro atoms. The molecule has 0 unspecified atom stereocenters. The highest BCUT2D eigenvalue weighted by Crippen LogP contribution is 2.41. The van der Waals surface area contributed by atoms with Crippen LogP contribution in [0.15, 0.2) is 30.6 Å². The fraction of sp³-hybridized carbons (Fsp3) is 0.350. The number of anilines is 1. The van der Waals surface area contributed by atoms with Gasteiger partial charge in [-0.2, -0.15) is 5.10 Å². The SMILES string of the molecule is CNCCNc1ccc2c3c(nn2CCNCCO)-c2cnccc2C(=O)c13.Cl. The van der Waals surface area contributed by atoms with Crippen LogP contribution in [0.3, 0.4) is 0 Å². The fourth-order valence-electron chi connectivity index (χ4n) is 3.64. The first kappa shape index (κ1) is 21.2. The van der Waals surface area contributed by atoms with Gasteiger partial charge in [0, 0.05) is 60.8 Å². The van der Waals surface area contributed by atoms with Crippen LogP contribution in [-0.2, 0) is 6.54 Å². The number of rotatable bonds is 9. The molecule has 2 aromatic heterocycles. The third-order valence-corrected chi connectivity index (χ3v) is 4.95. The number of carbonyl (C=O) groups is 1. The summed E-state index contributed by atoms with van der Waals surface area (Å²) < 4.78 is 1.92. The minimum atomic E-state index is 0. The standard InChI is InChI=1S/C20H24N6O2.ClH/c1-21-6-7-24-15-2-3-16-18-17(15)20(28)13-4-5-23-12-14(13)19(18)25-26(16)10-8-22-9-11-27;/h2-5,12,21-22,24,27H,6-11H2,1H3;1H. The summed E-state index contributed by atoms with van der Waals surface area (Å²) >= 11 is 0. The van der Waals surface area contributed by atoms with Crippen LogP contribution in [-0.4, -0.2) is 65.5 Å². The van der Waals surface area contributed by atoms with Crippen molar-refractivity contribution in [2.24, 2.45) is 0 Å². The lowest BCUT2D eigenvalue weighted by atomic mass is 9.87. The molecule has 29 heavy (non-hydrogen) atoms. The second kappa shape index (κ2) is 9.32. The van der Waals surface area contributed by atoms with E-state index in [0.29, 0.717) is 30.8 Å². The van der Waals surface area contributed by atoms with Crippen LogP contribution >= 0.6 is 12.4 Å². The Bertz CT molecular complexity index is 1020. The number of aromatic nitrogens is 3. The van der Waals surface area contributed by atoms with Gasteiger partial charge in [0.2, 0.25) is 0 Å². The maximum absolute atomic E-state index is 13.3. The van der Waals surface area contributed by atoms with Crippen molar-refractivity contribution in [3.63, 3.8) is 0 Å². The summed E-state index contributed by atoms with van der Waals surface area (Å²) in [5.74, 6) is 0.000383. The molecule has 0 bridgehead atoms. The molecule has 0 radical (unpaired) electrons. The Balaban J connectivity index is 0.00000240. The second-order valence-electron chi connectivity index (χ2n) is 6.71. The van der Waals surface area contributed by atoms with Gasteiger partial charge in [-0.3, -0.25) is 14.5 Å². The predicted molar refractivity (Wildman–Crippen MR) is 116 cm³/mol. The smallest absolute Gasteiger partial charge is 0.196 e. The molecule has 1 aromatic carbocycles. The van der Waals surface area contributed by atoms with Gasteiger partial charge in [0.1, 0.15) is 5.69 Å². The fourth-order valence-corrected chi connectivity index (χ4v) is 3.64. The van der Waals surface area contributed by atoms with Crippen LogP contribution in [0.5, 0.6) is 0 Å². The van der Waals surface area contributed by atoms with Gasteiger partial charge in [0.05, 0.1) is 24.2 Å². The van der Waals surface area contributed by atoms with E-state index in [9.17, 15) is 4.79 Å². The lowest BCUT2D eigenvalue weighted by Gasteiger charge is -2.18. The molecule has 3 aromatic rings. The molecule has 1 aliphatic rings. The third-order valence-electron chi connectivity index (χ3n) is 4.95. The van der Waals surface area contributed by atoms with E-state index in [0.717, 1.165) is 40.9 Å². The van der Waals surface area contributed by atoms with Crippen molar-refractivity contribution in [1.29, 1.82) is 0 Å². The number of fused-ring (bicyclic) bond motifs is 2. The molecule has 9 heteroatoms. The highest BCUT2D eigenvalue weighted by molar-refractivity contribution is 6.27. The molecule has 0 aliphatic heterocycles. The number of halogens is 1. The van der Waals surface area contributed by atoms with Gasteiger partial charge >= 0.3 is 0 Å². The molecule has 2 heterocycles. The number of carbonyl (C=O) groups excluding carboxylic acids is 1. The van der Waals surface area contributed by atoms with E-state index in [4.69, 9.17) is 10.2 Å². The average molecular weight is 417 g/mol. The molecular weight excluding hydrogens is 392 g/mol. The molecule has 154 valence electrons. The minimum absolute atomic E-state index is 0. The Morgan fingerprint density at radius 1 is 1.10 bits per heavy atom. The molecule has 4 rings (SSSR count). The topological polar surface area (TPSA) is 104 Å². The molecular formula is C20H25ClN6O2. The summed E-state index contributed by atoms with van der Waals surface area (Å²) in [5, 5.41) is 24.3. The van der Waals surface area contributed by atoms with Crippen molar-refractivity contribution < 1.29 is 9.90 Å². The maximum Gasteiger partial charge on any atom is 0.196 e. The third kappa shape index (κ3) is 3.84. The number of hydrogen-bond donors (Lipinski definition) is 4. The first-order valence-corrected chi connectivity index (χ1v) is 9.49. The van der Waals surface area contributed by atoms with Gasteiger partial charge in [0.25, 0.3) is 0 Å². The Morgan fingerprint density at radius 2 is 1.97 bits per heavy atom. The van der Waals surface area contributed by atoms with Crippen LogP contribution in [0.1, 0.15) is 15.9 Å². The van der Waals surface area contributed by atoms with Gasteiger partial charge in [-0.15, -0.1) is 12.4 Å². The zero-order valence-electron chi connectivity index (χ0n) is 16.2. The predicted octanol–water partition coefficient (Wildman–Crippen LogP) is 1.28. The number of nitrogens with one attached hydrogen (secondary N) is 3. The van der Waals surface area contributed by atoms with Crippen molar-refractivity contribution in [1.82, 2.24) is 25.4 Å². The van der Waals surface area contributed by atoms with E-state index >= 15 is 0 Å². The number of benzene rings is 1. The van der Waals surface area contributed by atoms with Gasteiger partial charge < -0.3 is 21.1 Å². The van der Waals surface area contributed by atoms with E-state index in [-0.39, 0.29) is 24.8 Å². The maximum atomic E-state index is 13.3. The Hall–Kier alpha value is -2.52. The first-order valence-electron chi connectivity index (χ1n) is 9.49. The summed E-state index contributed by atoms with van der Waals surface area (Å²) in [7, 11) is 1.90. The van der Waals surface area contributed by atoms with E-state index in [1.54, 1.807) is 18.5 Å². The van der Waals surface area contributed by atoms with E-state index in [1.165, 1.54) is 0 Å². The molecule has 0 amide bonds. The van der Waals surface area contributed by atoms with E-state index < -0.39 is 0 Å². The Labute approximate surface area is 175 Å². The highest BCUT2D eigenvalue weighted by Gasteiger charge is 2.31. The van der Waals surface area contributed by atoms with Crippen molar-refractivity contribution in [2.75, 3.05) is 45.2 Å². The number of aliphatic hydroxyl groups excluding tert-OH is 1. The minimum Gasteiger partial charge on any atom is -0.395 e. The zero-order valence-corrected chi connectivity index (χ0v) is 17.1. The summed E-state index contributed by atoms with van der Waals surface area (Å²) in [4.78, 5) is 17.5. The number of nitrogens with zero attached hydrogens (tertiary/aromatic N) is 3. The van der Waals surface area contributed by atoms with Crippen LogP contribution in [0.4, 0.5) is 5.69 Å². The van der Waals surface area contributed by atoms with Crippen LogP contribution in [0.25, 0.3) is 22.2 Å². The second-order valence-corrected chi connectivity index (χ2v) is 6.71. The molecule has 8 nitrogen and oxygen atoms in total. The average Bonchev–Trinajstić information content (AvgIpc) is 3.09. The number of likely N-dealkylation sites (N-methyl/N-ethyl adjacent to an activating group) is 1. The van der Waals surface area contributed by atoms with Gasteiger partial charge in [-0.1, -0.05) is 0 Å². The largest absolute Gasteiger partial charge is 0.395 e. The monoisotopic (exact) mass is 416 g/mol. The summed E-state index contributed by atoms with van der Waals surface area (Å²) in [6.07, 6.45) is 3.36. The summed E-state index contributed by atoms with van der Waals surface area (Å²) in [6, 6.07) is 5.73. The highest BCUT2D eigenvalue weighted by atomic mass is 35.5. The van der Waals surface area contributed by atoms with E-state index in [1.807, 2.05) is 23.9 Å². The summed E-state index contributed by atoms with van der Waals surface area (Å²) in [6.45, 7) is 3.50. The molecule has 1 aliphatic carbocycles. The molecule has 0 saturated heterocycles. The van der Waals surface area contributed by atoms with Crippen molar-refractivity contribution in [3.05, 3.63) is 41.7 Å². The Morgan fingerprint density at radius 3 is 2.76 bits per heavy atom. The van der Waals surface area contributed by atoms with Gasteiger partial charge in [0.15, 0.2) is 5.78 Å². The molecule has 0 atom stereocenters. The van der Waals surface area contributed by atoms with Crippen molar-refractivity contribution in [3.8, 4) is 11.3 Å². The van der Waals surface area contributed by atoms with E-state index in [2.05, 4.69) is 20.9 Å². The Kier molecular flexibility index (Phi) is 6.81. The molecule has 0 saturated carbocycles. The number of ketones is 1. The van der Waals surface area contributed by atoms with Crippen LogP contribution in [0, 0.1) is 0 Å². The van der Waals surface area contributed by atoms with Gasteiger partial charge in [-0.25, -0.2) is 0 Å². The number of hydrogen-bond acceptors (Lipinski definition) is 7. The normalized spacial score (nSPS) is 12.0. The first-order chi connectivity index (χ1) is 13.8. The van der Waals surface area contributed by atoms with Crippen LogP contribution in [0.2, 0.25) is 0 Å². The number of pyridine rings is 1. The molecule has 0 fully saturated rings. The quantitative estimate of drug-likeness (QED) is 0.305.